The highest BCUT2D eigenvalue weighted by atomic mass is 127. The molecule has 0 radical (unpaired) electrons. The van der Waals surface area contributed by atoms with Gasteiger partial charge in [0.05, 0.1) is 11.7 Å². The van der Waals surface area contributed by atoms with Crippen LogP contribution in [0.15, 0.2) is 24.7 Å². The van der Waals surface area contributed by atoms with Gasteiger partial charge in [0.2, 0.25) is 0 Å². The van der Waals surface area contributed by atoms with Crippen LogP contribution in [-0.4, -0.2) is 20.6 Å². The van der Waals surface area contributed by atoms with E-state index in [1.54, 1.807) is 17.0 Å². The third-order valence-corrected chi connectivity index (χ3v) is 2.80. The van der Waals surface area contributed by atoms with Gasteiger partial charge < -0.3 is 9.67 Å². The van der Waals surface area contributed by atoms with Gasteiger partial charge in [-0.2, -0.15) is 0 Å². The maximum absolute atomic E-state index is 10.6. The van der Waals surface area contributed by atoms with Crippen LogP contribution in [0, 0.1) is 3.57 Å². The Balaban J connectivity index is 2.60. The minimum atomic E-state index is -0.845. The summed E-state index contributed by atoms with van der Waals surface area (Å²) in [5, 5.41) is 9.74. The Labute approximate surface area is 93.7 Å². The molecule has 0 spiro atoms. The molecule has 14 heavy (non-hydrogen) atoms. The predicted molar refractivity (Wildman–Crippen MR) is 60.1 cm³/mol. The van der Waals surface area contributed by atoms with Gasteiger partial charge in [-0.15, -0.1) is 0 Å². The van der Waals surface area contributed by atoms with Gasteiger partial charge in [-0.05, 0) is 28.7 Å². The average Bonchev–Trinajstić information content (AvgIpc) is 2.44. The summed E-state index contributed by atoms with van der Waals surface area (Å²) in [6, 6.07) is 1.88. The zero-order chi connectivity index (χ0) is 10.1. The molecule has 0 aliphatic carbocycles. The number of carbonyl (C=O) groups is 1. The Bertz CT molecular complexity index is 493. The van der Waals surface area contributed by atoms with Gasteiger partial charge in [0.15, 0.2) is 0 Å². The van der Waals surface area contributed by atoms with E-state index in [0.29, 0.717) is 0 Å². The number of carboxylic acid groups (broad SMARTS) is 1. The van der Waals surface area contributed by atoms with Crippen molar-refractivity contribution in [1.82, 2.24) is 9.55 Å². The molecule has 0 unspecified atom stereocenters. The third-order valence-electron chi connectivity index (χ3n) is 1.94. The molecule has 5 heteroatoms. The molecule has 0 atom stereocenters. The molecule has 0 aliphatic heterocycles. The van der Waals surface area contributed by atoms with Crippen molar-refractivity contribution in [3.8, 4) is 0 Å². The normalized spacial score (nSPS) is 10.6. The molecular formula is C9H7IN2O2. The minimum absolute atomic E-state index is 0.0226. The Morgan fingerprint density at radius 3 is 3.14 bits per heavy atom. The lowest BCUT2D eigenvalue weighted by Crippen LogP contribution is -2.07. The van der Waals surface area contributed by atoms with Crippen LogP contribution < -0.4 is 0 Å². The second-order valence-electron chi connectivity index (χ2n) is 2.89. The molecule has 1 N–H and O–H groups in total. The molecule has 2 heterocycles. The second kappa shape index (κ2) is 3.56. The van der Waals surface area contributed by atoms with Gasteiger partial charge in [-0.25, -0.2) is 0 Å². The van der Waals surface area contributed by atoms with E-state index < -0.39 is 5.97 Å². The van der Waals surface area contributed by atoms with Crippen LogP contribution in [0.2, 0.25) is 0 Å². The maximum Gasteiger partial charge on any atom is 0.323 e. The number of nitrogens with zero attached hydrogens (tertiary/aromatic N) is 2. The van der Waals surface area contributed by atoms with Gasteiger partial charge in [0.25, 0.3) is 0 Å². The number of fused-ring (bicyclic) bond motifs is 1. The largest absolute Gasteiger partial charge is 0.480 e. The molecule has 4 nitrogen and oxygen atoms in total. The van der Waals surface area contributed by atoms with E-state index >= 15 is 0 Å². The van der Waals surface area contributed by atoms with Gasteiger partial charge >= 0.3 is 5.97 Å². The Morgan fingerprint density at radius 1 is 1.64 bits per heavy atom. The summed E-state index contributed by atoms with van der Waals surface area (Å²) >= 11 is 2.18. The molecule has 0 amide bonds. The van der Waals surface area contributed by atoms with Crippen molar-refractivity contribution in [2.75, 3.05) is 0 Å². The number of rotatable bonds is 2. The first-order chi connectivity index (χ1) is 6.68. The topological polar surface area (TPSA) is 55.1 Å². The van der Waals surface area contributed by atoms with Crippen LogP contribution in [0.3, 0.4) is 0 Å². The maximum atomic E-state index is 10.6. The molecule has 0 saturated heterocycles. The number of aliphatic carboxylic acids is 1. The van der Waals surface area contributed by atoms with Crippen molar-refractivity contribution in [3.05, 3.63) is 28.2 Å². The van der Waals surface area contributed by atoms with E-state index in [9.17, 15) is 4.79 Å². The van der Waals surface area contributed by atoms with E-state index in [4.69, 9.17) is 5.11 Å². The standard InChI is InChI=1S/C9H7IN2O2/c10-7-4-12(5-9(13)14)8-3-11-2-1-6(7)8/h1-4H,5H2,(H,13,14). The van der Waals surface area contributed by atoms with Crippen LogP contribution in [0.25, 0.3) is 10.9 Å². The summed E-state index contributed by atoms with van der Waals surface area (Å²) in [4.78, 5) is 14.6. The zero-order valence-corrected chi connectivity index (χ0v) is 9.30. The summed E-state index contributed by atoms with van der Waals surface area (Å²) in [5.74, 6) is -0.845. The van der Waals surface area contributed by atoms with E-state index in [2.05, 4.69) is 27.6 Å². The fourth-order valence-electron chi connectivity index (χ4n) is 1.37. The summed E-state index contributed by atoms with van der Waals surface area (Å²) in [7, 11) is 0. The number of halogens is 1. The van der Waals surface area contributed by atoms with E-state index in [0.717, 1.165) is 14.5 Å². The van der Waals surface area contributed by atoms with Gasteiger partial charge in [-0.1, -0.05) is 0 Å². The average molecular weight is 302 g/mol. The fourth-order valence-corrected chi connectivity index (χ4v) is 2.16. The molecule has 0 fully saturated rings. The van der Waals surface area contributed by atoms with Gasteiger partial charge in [0.1, 0.15) is 6.54 Å². The van der Waals surface area contributed by atoms with E-state index in [1.165, 1.54) is 0 Å². The molecule has 72 valence electrons. The molecule has 0 bridgehead atoms. The van der Waals surface area contributed by atoms with Crippen molar-refractivity contribution in [1.29, 1.82) is 0 Å². The number of carboxylic acids is 1. The fraction of sp³-hybridized carbons (Fsp3) is 0.111. The smallest absolute Gasteiger partial charge is 0.323 e. The minimum Gasteiger partial charge on any atom is -0.480 e. The number of hydrogen-bond donors (Lipinski definition) is 1. The van der Waals surface area contributed by atoms with E-state index in [1.807, 2.05) is 12.3 Å². The summed E-state index contributed by atoms with van der Waals surface area (Å²) < 4.78 is 2.73. The first-order valence-corrected chi connectivity index (χ1v) is 5.06. The molecule has 2 aromatic heterocycles. The van der Waals surface area contributed by atoms with Gasteiger partial charge in [-0.3, -0.25) is 9.78 Å². The van der Waals surface area contributed by atoms with Crippen molar-refractivity contribution in [2.45, 2.75) is 6.54 Å². The Morgan fingerprint density at radius 2 is 2.43 bits per heavy atom. The number of pyridine rings is 1. The summed E-state index contributed by atoms with van der Waals surface area (Å²) in [6.07, 6.45) is 5.21. The highest BCUT2D eigenvalue weighted by Crippen LogP contribution is 2.21. The second-order valence-corrected chi connectivity index (χ2v) is 4.05. The highest BCUT2D eigenvalue weighted by Gasteiger charge is 2.07. The first kappa shape index (κ1) is 9.45. The molecule has 2 aromatic rings. The van der Waals surface area contributed by atoms with Crippen molar-refractivity contribution < 1.29 is 9.90 Å². The quantitative estimate of drug-likeness (QED) is 0.860. The Kier molecular flexibility index (Phi) is 2.40. The molecular weight excluding hydrogens is 295 g/mol. The van der Waals surface area contributed by atoms with Crippen LogP contribution in [0.4, 0.5) is 0 Å². The van der Waals surface area contributed by atoms with Gasteiger partial charge in [0, 0.05) is 21.4 Å². The monoisotopic (exact) mass is 302 g/mol. The third kappa shape index (κ3) is 1.59. The molecule has 0 saturated carbocycles. The number of hydrogen-bond acceptors (Lipinski definition) is 2. The van der Waals surface area contributed by atoms with Crippen LogP contribution in [0.1, 0.15) is 0 Å². The molecule has 0 aromatic carbocycles. The van der Waals surface area contributed by atoms with E-state index in [-0.39, 0.29) is 6.54 Å². The molecule has 0 aliphatic rings. The predicted octanol–water partition coefficient (Wildman–Crippen LogP) is 1.73. The Hall–Kier alpha value is -1.11. The molecule has 2 rings (SSSR count). The summed E-state index contributed by atoms with van der Waals surface area (Å²) in [6.45, 7) is -0.0226. The lowest BCUT2D eigenvalue weighted by Gasteiger charge is -1.98. The number of aromatic nitrogens is 2. The van der Waals surface area contributed by atoms with Crippen molar-refractivity contribution in [2.24, 2.45) is 0 Å². The zero-order valence-electron chi connectivity index (χ0n) is 7.14. The highest BCUT2D eigenvalue weighted by molar-refractivity contribution is 14.1. The van der Waals surface area contributed by atoms with Crippen LogP contribution in [-0.2, 0) is 11.3 Å². The van der Waals surface area contributed by atoms with Crippen LogP contribution >= 0.6 is 22.6 Å². The summed E-state index contributed by atoms with van der Waals surface area (Å²) in [5.41, 5.74) is 0.860. The van der Waals surface area contributed by atoms with Crippen molar-refractivity contribution in [3.63, 3.8) is 0 Å². The van der Waals surface area contributed by atoms with Crippen LogP contribution in [0.5, 0.6) is 0 Å². The lowest BCUT2D eigenvalue weighted by atomic mass is 10.3. The first-order valence-electron chi connectivity index (χ1n) is 3.98. The lowest BCUT2D eigenvalue weighted by molar-refractivity contribution is -0.137. The SMILES string of the molecule is O=C(O)Cn1cc(I)c2ccncc21. The van der Waals surface area contributed by atoms with Crippen molar-refractivity contribution >= 4 is 39.5 Å².